The molecule has 1 amide bonds. The predicted octanol–water partition coefficient (Wildman–Crippen LogP) is 4.25. The van der Waals surface area contributed by atoms with Crippen LogP contribution >= 0.6 is 39.3 Å². The fraction of sp³-hybridized carbons (Fsp3) is 0.143. The largest absolute Gasteiger partial charge is 0.306 e. The van der Waals surface area contributed by atoms with Gasteiger partial charge >= 0.3 is 0 Å². The van der Waals surface area contributed by atoms with Gasteiger partial charge in [-0.15, -0.1) is 11.8 Å². The fourth-order valence-corrected chi connectivity index (χ4v) is 3.59. The third-order valence-corrected chi connectivity index (χ3v) is 4.69. The van der Waals surface area contributed by atoms with Crippen LogP contribution in [0.1, 0.15) is 10.4 Å². The fourth-order valence-electron chi connectivity index (χ4n) is 2.09. The number of benzene rings is 1. The highest BCUT2D eigenvalue weighted by Crippen LogP contribution is 2.37. The molecule has 0 unspecified atom stereocenters. The predicted molar refractivity (Wildman–Crippen MR) is 85.8 cm³/mol. The maximum absolute atomic E-state index is 12.6. The van der Waals surface area contributed by atoms with Gasteiger partial charge in [0.25, 0.3) is 5.91 Å². The molecule has 0 radical (unpaired) electrons. The Morgan fingerprint density at radius 2 is 2.20 bits per heavy atom. The lowest BCUT2D eigenvalue weighted by molar-refractivity contribution is 0.0987. The minimum Gasteiger partial charge on any atom is -0.306 e. The Kier molecular flexibility index (Phi) is 4.01. The number of carbonyl (C=O) groups is 1. The van der Waals surface area contributed by atoms with Crippen LogP contribution in [0.4, 0.5) is 5.69 Å². The molecule has 0 aliphatic carbocycles. The topological polar surface area (TPSA) is 33.2 Å². The number of pyridine rings is 1. The van der Waals surface area contributed by atoms with Crippen molar-refractivity contribution in [2.75, 3.05) is 17.2 Å². The second-order valence-electron chi connectivity index (χ2n) is 4.31. The van der Waals surface area contributed by atoms with Crippen LogP contribution in [0.3, 0.4) is 0 Å². The number of thioether (sulfide) groups is 1. The molecule has 0 saturated heterocycles. The lowest BCUT2D eigenvalue weighted by atomic mass is 10.2. The van der Waals surface area contributed by atoms with E-state index in [1.165, 1.54) is 0 Å². The van der Waals surface area contributed by atoms with Gasteiger partial charge in [0.15, 0.2) is 0 Å². The number of hydrogen-bond donors (Lipinski definition) is 0. The van der Waals surface area contributed by atoms with Crippen molar-refractivity contribution in [3.63, 3.8) is 0 Å². The van der Waals surface area contributed by atoms with Gasteiger partial charge in [0, 0.05) is 39.1 Å². The van der Waals surface area contributed by atoms with E-state index >= 15 is 0 Å². The van der Waals surface area contributed by atoms with Gasteiger partial charge in [-0.3, -0.25) is 9.78 Å². The lowest BCUT2D eigenvalue weighted by Gasteiger charge is -2.29. The van der Waals surface area contributed by atoms with Crippen molar-refractivity contribution in [2.24, 2.45) is 0 Å². The van der Waals surface area contributed by atoms with E-state index < -0.39 is 0 Å². The second-order valence-corrected chi connectivity index (χ2v) is 6.80. The number of aromatic nitrogens is 1. The smallest absolute Gasteiger partial charge is 0.259 e. The molecule has 3 rings (SSSR count). The first-order valence-electron chi connectivity index (χ1n) is 6.00. The number of fused-ring (bicyclic) bond motifs is 1. The van der Waals surface area contributed by atoms with E-state index in [9.17, 15) is 4.79 Å². The van der Waals surface area contributed by atoms with Crippen molar-refractivity contribution in [1.29, 1.82) is 0 Å². The summed E-state index contributed by atoms with van der Waals surface area (Å²) >= 11 is 11.1. The Morgan fingerprint density at radius 3 is 3.00 bits per heavy atom. The van der Waals surface area contributed by atoms with Gasteiger partial charge in [0.2, 0.25) is 0 Å². The molecule has 1 aromatic carbocycles. The summed E-state index contributed by atoms with van der Waals surface area (Å²) in [5.41, 5.74) is 1.44. The summed E-state index contributed by atoms with van der Waals surface area (Å²) in [5.74, 6) is 0.824. The van der Waals surface area contributed by atoms with E-state index in [1.807, 2.05) is 18.2 Å². The van der Waals surface area contributed by atoms with Crippen LogP contribution in [0.15, 0.2) is 46.0 Å². The summed E-state index contributed by atoms with van der Waals surface area (Å²) in [4.78, 5) is 19.5. The maximum atomic E-state index is 12.6. The third kappa shape index (κ3) is 2.71. The van der Waals surface area contributed by atoms with E-state index in [1.54, 1.807) is 35.1 Å². The van der Waals surface area contributed by atoms with Gasteiger partial charge < -0.3 is 4.90 Å². The zero-order valence-corrected chi connectivity index (χ0v) is 13.5. The summed E-state index contributed by atoms with van der Waals surface area (Å²) in [5, 5.41) is 0.636. The summed E-state index contributed by atoms with van der Waals surface area (Å²) in [6, 6.07) is 7.43. The Morgan fingerprint density at radius 1 is 1.35 bits per heavy atom. The average molecular weight is 370 g/mol. The first-order valence-corrected chi connectivity index (χ1v) is 8.15. The molecule has 0 atom stereocenters. The number of rotatable bonds is 1. The number of nitrogens with zero attached hydrogens (tertiary/aromatic N) is 2. The molecule has 20 heavy (non-hydrogen) atoms. The molecule has 3 nitrogen and oxygen atoms in total. The van der Waals surface area contributed by atoms with Gasteiger partial charge in [0.1, 0.15) is 0 Å². The molecule has 2 aromatic rings. The van der Waals surface area contributed by atoms with Crippen molar-refractivity contribution in [3.8, 4) is 0 Å². The van der Waals surface area contributed by atoms with E-state index in [4.69, 9.17) is 11.6 Å². The number of halogens is 2. The lowest BCUT2D eigenvalue weighted by Crippen LogP contribution is -2.35. The zero-order valence-electron chi connectivity index (χ0n) is 10.3. The molecule has 2 heterocycles. The van der Waals surface area contributed by atoms with Crippen LogP contribution in [-0.2, 0) is 0 Å². The minimum atomic E-state index is -0.0531. The Labute approximate surface area is 134 Å². The number of hydrogen-bond acceptors (Lipinski definition) is 3. The van der Waals surface area contributed by atoms with E-state index in [0.717, 1.165) is 20.8 Å². The summed E-state index contributed by atoms with van der Waals surface area (Å²) in [6.45, 7) is 0.670. The molecule has 0 fully saturated rings. The Bertz CT molecular complexity index is 680. The van der Waals surface area contributed by atoms with Crippen molar-refractivity contribution in [1.82, 2.24) is 4.98 Å². The van der Waals surface area contributed by atoms with Gasteiger partial charge in [0.05, 0.1) is 11.3 Å². The molecule has 0 bridgehead atoms. The standard InChI is InChI=1S/C14H10BrClN2OS/c15-10-5-9(7-17-8-10)14(19)18-3-4-20-13-2-1-11(16)6-12(13)18/h1-2,5-8H,3-4H2. The Balaban J connectivity index is 2.00. The van der Waals surface area contributed by atoms with Crippen LogP contribution in [0.2, 0.25) is 5.02 Å². The first kappa shape index (κ1) is 13.9. The highest BCUT2D eigenvalue weighted by molar-refractivity contribution is 9.10. The van der Waals surface area contributed by atoms with Crippen LogP contribution in [-0.4, -0.2) is 23.2 Å². The first-order chi connectivity index (χ1) is 9.65. The van der Waals surface area contributed by atoms with Crippen molar-refractivity contribution in [3.05, 3.63) is 51.7 Å². The molecule has 1 aliphatic heterocycles. The average Bonchev–Trinajstić information content (AvgIpc) is 2.46. The normalized spacial score (nSPS) is 14.0. The quantitative estimate of drug-likeness (QED) is 0.753. The molecule has 0 N–H and O–H groups in total. The number of carbonyl (C=O) groups excluding carboxylic acids is 1. The molecule has 6 heteroatoms. The molecule has 0 spiro atoms. The molecular formula is C14H10BrClN2OS. The molecule has 102 valence electrons. The van der Waals surface area contributed by atoms with Crippen LogP contribution < -0.4 is 4.90 Å². The maximum Gasteiger partial charge on any atom is 0.259 e. The van der Waals surface area contributed by atoms with E-state index in [2.05, 4.69) is 20.9 Å². The van der Waals surface area contributed by atoms with Gasteiger partial charge in [-0.05, 0) is 40.2 Å². The van der Waals surface area contributed by atoms with Crippen molar-refractivity contribution < 1.29 is 4.79 Å². The summed E-state index contributed by atoms with van der Waals surface area (Å²) < 4.78 is 0.793. The van der Waals surface area contributed by atoms with Crippen molar-refractivity contribution >= 4 is 50.9 Å². The highest BCUT2D eigenvalue weighted by atomic mass is 79.9. The zero-order chi connectivity index (χ0) is 14.1. The third-order valence-electron chi connectivity index (χ3n) is 2.98. The van der Waals surface area contributed by atoms with E-state index in [0.29, 0.717) is 17.1 Å². The second kappa shape index (κ2) is 5.76. The molecule has 1 aliphatic rings. The number of amides is 1. The summed E-state index contributed by atoms with van der Waals surface area (Å²) in [7, 11) is 0. The van der Waals surface area contributed by atoms with Gasteiger partial charge in [-0.25, -0.2) is 0 Å². The monoisotopic (exact) mass is 368 g/mol. The molecular weight excluding hydrogens is 360 g/mol. The van der Waals surface area contributed by atoms with Crippen molar-refractivity contribution in [2.45, 2.75) is 4.90 Å². The minimum absolute atomic E-state index is 0.0531. The van der Waals surface area contributed by atoms with Gasteiger partial charge in [-0.1, -0.05) is 11.6 Å². The van der Waals surface area contributed by atoms with Crippen LogP contribution in [0, 0.1) is 0 Å². The van der Waals surface area contributed by atoms with Gasteiger partial charge in [-0.2, -0.15) is 0 Å². The highest BCUT2D eigenvalue weighted by Gasteiger charge is 2.24. The molecule has 1 aromatic heterocycles. The SMILES string of the molecule is O=C(c1cncc(Br)c1)N1CCSc2ccc(Cl)cc21. The molecule has 0 saturated carbocycles. The van der Waals surface area contributed by atoms with Crippen LogP contribution in [0.25, 0.3) is 0 Å². The number of anilines is 1. The Hall–Kier alpha value is -1.04. The summed E-state index contributed by atoms with van der Waals surface area (Å²) in [6.07, 6.45) is 3.24. The van der Waals surface area contributed by atoms with E-state index in [-0.39, 0.29) is 5.91 Å². The van der Waals surface area contributed by atoms with Crippen LogP contribution in [0.5, 0.6) is 0 Å².